The lowest BCUT2D eigenvalue weighted by molar-refractivity contribution is 0.195. The van der Waals surface area contributed by atoms with Crippen molar-refractivity contribution in [2.45, 2.75) is 32.1 Å². The first-order valence-electron chi connectivity index (χ1n) is 9.67. The molecule has 1 aliphatic heterocycles. The van der Waals surface area contributed by atoms with Crippen LogP contribution in [0.4, 0.5) is 0 Å². The van der Waals surface area contributed by atoms with Gasteiger partial charge in [0, 0.05) is 37.9 Å². The number of hydrogen-bond acceptors (Lipinski definition) is 4. The molecule has 4 nitrogen and oxygen atoms in total. The Morgan fingerprint density at radius 1 is 1.12 bits per heavy atom. The van der Waals surface area contributed by atoms with Crippen LogP contribution in [0.25, 0.3) is 0 Å². The first kappa shape index (κ1) is 18.9. The number of aryl methyl sites for hydroxylation is 1. The van der Waals surface area contributed by atoms with Crippen molar-refractivity contribution < 1.29 is 10.2 Å². The van der Waals surface area contributed by atoms with Gasteiger partial charge in [-0.2, -0.15) is 0 Å². The van der Waals surface area contributed by atoms with E-state index in [2.05, 4.69) is 47.1 Å². The van der Waals surface area contributed by atoms with E-state index in [9.17, 15) is 10.2 Å². The monoisotopic (exact) mass is 354 g/mol. The van der Waals surface area contributed by atoms with Gasteiger partial charge in [0.1, 0.15) is 5.75 Å². The third-order valence-corrected chi connectivity index (χ3v) is 5.58. The summed E-state index contributed by atoms with van der Waals surface area (Å²) < 4.78 is 0. The van der Waals surface area contributed by atoms with Crippen LogP contribution in [0, 0.1) is 11.8 Å². The zero-order valence-corrected chi connectivity index (χ0v) is 15.6. The van der Waals surface area contributed by atoms with Gasteiger partial charge in [0.25, 0.3) is 0 Å². The van der Waals surface area contributed by atoms with Crippen LogP contribution in [0.1, 0.15) is 36.9 Å². The standard InChI is InChI=1S/C22H30N2O2/c1-17(22-11-10-21(26)12-23-22)13-24-14-19(20(15-24)16-25)9-5-8-18-6-3-2-4-7-18/h2-4,6-7,10-12,17,19-20,25-26H,5,8-9,13-16H2,1H3/t17?,19-,20-/m1/s1. The van der Waals surface area contributed by atoms with E-state index >= 15 is 0 Å². The van der Waals surface area contributed by atoms with Crippen molar-refractivity contribution in [2.24, 2.45) is 11.8 Å². The Bertz CT molecular complexity index is 660. The zero-order valence-electron chi connectivity index (χ0n) is 15.6. The Balaban J connectivity index is 1.49. The maximum absolute atomic E-state index is 9.79. The van der Waals surface area contributed by atoms with Crippen LogP contribution >= 0.6 is 0 Å². The third-order valence-electron chi connectivity index (χ3n) is 5.58. The van der Waals surface area contributed by atoms with Gasteiger partial charge in [-0.1, -0.05) is 37.3 Å². The largest absolute Gasteiger partial charge is 0.506 e. The number of rotatable bonds is 8. The van der Waals surface area contributed by atoms with Gasteiger partial charge < -0.3 is 15.1 Å². The highest BCUT2D eigenvalue weighted by Crippen LogP contribution is 2.29. The molecule has 1 saturated heterocycles. The van der Waals surface area contributed by atoms with E-state index in [4.69, 9.17) is 0 Å². The van der Waals surface area contributed by atoms with Crippen LogP contribution in [0.15, 0.2) is 48.7 Å². The summed E-state index contributed by atoms with van der Waals surface area (Å²) in [5.41, 5.74) is 2.41. The van der Waals surface area contributed by atoms with Crippen LogP contribution in [-0.2, 0) is 6.42 Å². The molecule has 2 aromatic rings. The number of pyridine rings is 1. The number of nitrogens with zero attached hydrogens (tertiary/aromatic N) is 2. The molecule has 0 spiro atoms. The van der Waals surface area contributed by atoms with Crippen molar-refractivity contribution in [3.05, 3.63) is 59.9 Å². The Morgan fingerprint density at radius 3 is 2.58 bits per heavy atom. The maximum atomic E-state index is 9.79. The lowest BCUT2D eigenvalue weighted by atomic mass is 9.91. The van der Waals surface area contributed by atoms with Gasteiger partial charge in [0.05, 0.1) is 6.20 Å². The molecule has 0 amide bonds. The SMILES string of the molecule is CC(CN1C[C@@H](CCCc2ccccc2)[C@@H](CO)C1)c1ccc(O)cn1. The molecule has 0 aliphatic carbocycles. The lowest BCUT2D eigenvalue weighted by Crippen LogP contribution is -2.26. The van der Waals surface area contributed by atoms with Gasteiger partial charge in [0.2, 0.25) is 0 Å². The highest BCUT2D eigenvalue weighted by molar-refractivity contribution is 5.20. The van der Waals surface area contributed by atoms with Crippen LogP contribution in [0.5, 0.6) is 5.75 Å². The second-order valence-corrected chi connectivity index (χ2v) is 7.64. The van der Waals surface area contributed by atoms with Crippen LogP contribution in [-0.4, -0.2) is 46.3 Å². The number of aromatic hydroxyl groups is 1. The maximum Gasteiger partial charge on any atom is 0.133 e. The Kier molecular flexibility index (Phi) is 6.64. The summed E-state index contributed by atoms with van der Waals surface area (Å²) in [7, 11) is 0. The first-order chi connectivity index (χ1) is 12.7. The molecule has 1 aromatic heterocycles. The minimum atomic E-state index is 0.209. The number of aliphatic hydroxyl groups excluding tert-OH is 1. The van der Waals surface area contributed by atoms with Crippen molar-refractivity contribution in [3.63, 3.8) is 0 Å². The van der Waals surface area contributed by atoms with E-state index in [1.54, 1.807) is 6.07 Å². The van der Waals surface area contributed by atoms with Gasteiger partial charge in [-0.05, 0) is 48.8 Å². The number of aromatic nitrogens is 1. The molecule has 0 radical (unpaired) electrons. The second kappa shape index (κ2) is 9.15. The average Bonchev–Trinajstić information content (AvgIpc) is 3.04. The van der Waals surface area contributed by atoms with Gasteiger partial charge in [-0.3, -0.25) is 4.98 Å². The predicted molar refractivity (Wildman–Crippen MR) is 104 cm³/mol. The smallest absolute Gasteiger partial charge is 0.133 e. The molecule has 26 heavy (non-hydrogen) atoms. The fraction of sp³-hybridized carbons (Fsp3) is 0.500. The molecule has 2 N–H and O–H groups in total. The second-order valence-electron chi connectivity index (χ2n) is 7.64. The molecule has 1 fully saturated rings. The van der Waals surface area contributed by atoms with Crippen molar-refractivity contribution in [3.8, 4) is 5.75 Å². The van der Waals surface area contributed by atoms with Crippen molar-refractivity contribution in [1.29, 1.82) is 0 Å². The van der Waals surface area contributed by atoms with E-state index in [1.165, 1.54) is 24.6 Å². The molecule has 1 aromatic carbocycles. The first-order valence-corrected chi connectivity index (χ1v) is 9.67. The highest BCUT2D eigenvalue weighted by atomic mass is 16.3. The summed E-state index contributed by atoms with van der Waals surface area (Å²) in [6.45, 7) is 5.43. The minimum Gasteiger partial charge on any atom is -0.506 e. The van der Waals surface area contributed by atoms with E-state index in [0.29, 0.717) is 17.8 Å². The molecule has 3 rings (SSSR count). The number of hydrogen-bond donors (Lipinski definition) is 2. The number of aliphatic hydroxyl groups is 1. The molecule has 140 valence electrons. The van der Waals surface area contributed by atoms with Crippen LogP contribution in [0.2, 0.25) is 0 Å². The fourth-order valence-corrected chi connectivity index (χ4v) is 4.10. The van der Waals surface area contributed by atoms with Gasteiger partial charge in [0.15, 0.2) is 0 Å². The molecule has 0 saturated carbocycles. The van der Waals surface area contributed by atoms with Crippen molar-refractivity contribution in [1.82, 2.24) is 9.88 Å². The van der Waals surface area contributed by atoms with Crippen molar-refractivity contribution in [2.75, 3.05) is 26.2 Å². The number of likely N-dealkylation sites (tertiary alicyclic amines) is 1. The molecule has 2 heterocycles. The summed E-state index contributed by atoms with van der Waals surface area (Å²) in [5, 5.41) is 19.2. The highest BCUT2D eigenvalue weighted by Gasteiger charge is 2.32. The van der Waals surface area contributed by atoms with Gasteiger partial charge in [-0.25, -0.2) is 0 Å². The molecular weight excluding hydrogens is 324 g/mol. The molecule has 1 unspecified atom stereocenters. The number of benzene rings is 1. The summed E-state index contributed by atoms with van der Waals surface area (Å²) in [5.74, 6) is 1.48. The molecule has 3 atom stereocenters. The molecule has 4 heteroatoms. The Labute approximate surface area is 156 Å². The van der Waals surface area contributed by atoms with Crippen molar-refractivity contribution >= 4 is 0 Å². The Hall–Kier alpha value is -1.91. The molecule has 1 aliphatic rings. The minimum absolute atomic E-state index is 0.209. The molecular formula is C22H30N2O2. The van der Waals surface area contributed by atoms with E-state index in [1.807, 2.05) is 6.07 Å². The topological polar surface area (TPSA) is 56.6 Å². The fourth-order valence-electron chi connectivity index (χ4n) is 4.10. The summed E-state index contributed by atoms with van der Waals surface area (Å²) in [6, 6.07) is 14.2. The van der Waals surface area contributed by atoms with E-state index < -0.39 is 0 Å². The van der Waals surface area contributed by atoms with Gasteiger partial charge in [-0.15, -0.1) is 0 Å². The van der Waals surface area contributed by atoms with Crippen LogP contribution in [0.3, 0.4) is 0 Å². The summed E-state index contributed by atoms with van der Waals surface area (Å²) >= 11 is 0. The quantitative estimate of drug-likeness (QED) is 0.762. The molecule has 0 bridgehead atoms. The summed E-state index contributed by atoms with van der Waals surface area (Å²) in [4.78, 5) is 6.80. The third kappa shape index (κ3) is 5.05. The van der Waals surface area contributed by atoms with E-state index in [-0.39, 0.29) is 12.4 Å². The van der Waals surface area contributed by atoms with E-state index in [0.717, 1.165) is 31.7 Å². The summed E-state index contributed by atoms with van der Waals surface area (Å²) in [6.07, 6.45) is 4.97. The Morgan fingerprint density at radius 2 is 1.88 bits per heavy atom. The normalized spacial score (nSPS) is 21.8. The zero-order chi connectivity index (χ0) is 18.4. The van der Waals surface area contributed by atoms with Crippen LogP contribution < -0.4 is 0 Å². The average molecular weight is 354 g/mol. The van der Waals surface area contributed by atoms with Gasteiger partial charge >= 0.3 is 0 Å². The predicted octanol–water partition coefficient (Wildman–Crippen LogP) is 3.45. The lowest BCUT2D eigenvalue weighted by Gasteiger charge is -2.20.